The predicted molar refractivity (Wildman–Crippen MR) is 63.7 cm³/mol. The number of hydrogen-bond donors (Lipinski definition) is 0. The number of nitrogens with zero attached hydrogens (tertiary/aromatic N) is 1. The third kappa shape index (κ3) is 2.58. The van der Waals surface area contributed by atoms with Gasteiger partial charge in [-0.15, -0.1) is 0 Å². The molecule has 22 heavy (non-hydrogen) atoms. The minimum atomic E-state index is -5.28. The fourth-order valence-corrected chi connectivity index (χ4v) is 2.10. The number of aryl methyl sites for hydroxylation is 1. The van der Waals surface area contributed by atoms with Crippen molar-refractivity contribution in [3.05, 3.63) is 35.5 Å². The molecular weight excluding hydrogens is 316 g/mol. The Balaban J connectivity index is 2.80. The van der Waals surface area contributed by atoms with Crippen molar-refractivity contribution in [1.82, 2.24) is 4.57 Å². The van der Waals surface area contributed by atoms with E-state index in [0.29, 0.717) is 0 Å². The molecule has 0 spiro atoms. The lowest BCUT2D eigenvalue weighted by atomic mass is 10.0. The summed E-state index contributed by atoms with van der Waals surface area (Å²) in [6.45, 7) is 1.33. The Morgan fingerprint density at radius 1 is 1.00 bits per heavy atom. The Bertz CT molecular complexity index is 769. The summed E-state index contributed by atoms with van der Waals surface area (Å²) in [5, 5.41) is -0.331. The van der Waals surface area contributed by atoms with E-state index >= 15 is 0 Å². The van der Waals surface area contributed by atoms with Crippen LogP contribution in [0, 0.1) is 6.92 Å². The average Bonchev–Trinajstić information content (AvgIpc) is 2.75. The van der Waals surface area contributed by atoms with Gasteiger partial charge in [-0.1, -0.05) is 12.1 Å². The van der Waals surface area contributed by atoms with Gasteiger partial charge in [0.05, 0.1) is 11.1 Å². The third-order valence-electron chi connectivity index (χ3n) is 3.00. The summed E-state index contributed by atoms with van der Waals surface area (Å²) in [7, 11) is 0. The molecule has 0 unspecified atom stereocenters. The molecule has 1 aromatic carbocycles. The Morgan fingerprint density at radius 3 is 2.09 bits per heavy atom. The lowest BCUT2D eigenvalue weighted by Gasteiger charge is -2.07. The molecule has 9 heteroatoms. The molecule has 0 aliphatic heterocycles. The van der Waals surface area contributed by atoms with Gasteiger partial charge in [-0.3, -0.25) is 14.2 Å². The van der Waals surface area contributed by atoms with Crippen molar-refractivity contribution in [1.29, 1.82) is 0 Å². The SMILES string of the molecule is Cc1cccc2c1c(C(=O)C(F)(F)F)cn2C(=O)C(F)(F)F. The first kappa shape index (κ1) is 16.1. The van der Waals surface area contributed by atoms with E-state index in [-0.39, 0.29) is 21.7 Å². The number of halogens is 6. The van der Waals surface area contributed by atoms with Gasteiger partial charge >= 0.3 is 18.3 Å². The van der Waals surface area contributed by atoms with Crippen molar-refractivity contribution in [3.8, 4) is 0 Å². The monoisotopic (exact) mass is 323 g/mol. The van der Waals surface area contributed by atoms with Gasteiger partial charge < -0.3 is 0 Å². The van der Waals surface area contributed by atoms with Crippen LogP contribution in [0.5, 0.6) is 0 Å². The molecule has 0 amide bonds. The molecule has 3 nitrogen and oxygen atoms in total. The van der Waals surface area contributed by atoms with E-state index in [4.69, 9.17) is 0 Å². The van der Waals surface area contributed by atoms with Crippen LogP contribution >= 0.6 is 0 Å². The zero-order valence-electron chi connectivity index (χ0n) is 10.8. The highest BCUT2D eigenvalue weighted by atomic mass is 19.4. The fourth-order valence-electron chi connectivity index (χ4n) is 2.10. The second-order valence-electron chi connectivity index (χ2n) is 4.51. The number of ketones is 1. The van der Waals surface area contributed by atoms with Crippen LogP contribution in [0.25, 0.3) is 10.9 Å². The van der Waals surface area contributed by atoms with Crippen LogP contribution in [0.1, 0.15) is 20.7 Å². The molecule has 0 N–H and O–H groups in total. The molecule has 0 radical (unpaired) electrons. The van der Waals surface area contributed by atoms with E-state index in [1.54, 1.807) is 0 Å². The first-order valence-electron chi connectivity index (χ1n) is 5.78. The highest BCUT2D eigenvalue weighted by Gasteiger charge is 2.44. The van der Waals surface area contributed by atoms with Gasteiger partial charge in [0, 0.05) is 11.6 Å². The van der Waals surface area contributed by atoms with Crippen LogP contribution in [0.3, 0.4) is 0 Å². The van der Waals surface area contributed by atoms with Crippen molar-refractivity contribution < 1.29 is 35.9 Å². The lowest BCUT2D eigenvalue weighted by Crippen LogP contribution is -2.28. The van der Waals surface area contributed by atoms with Crippen molar-refractivity contribution in [2.45, 2.75) is 19.3 Å². The number of carbonyl (C=O) groups is 2. The Morgan fingerprint density at radius 2 is 1.59 bits per heavy atom. The Kier molecular flexibility index (Phi) is 3.54. The average molecular weight is 323 g/mol. The van der Waals surface area contributed by atoms with Gasteiger partial charge in [-0.2, -0.15) is 26.3 Å². The van der Waals surface area contributed by atoms with Gasteiger partial charge in [0.15, 0.2) is 0 Å². The molecule has 0 saturated carbocycles. The zero-order valence-corrected chi connectivity index (χ0v) is 10.8. The highest BCUT2D eigenvalue weighted by molar-refractivity contribution is 6.13. The van der Waals surface area contributed by atoms with E-state index in [1.165, 1.54) is 19.1 Å². The van der Waals surface area contributed by atoms with E-state index in [9.17, 15) is 35.9 Å². The molecule has 1 aromatic heterocycles. The highest BCUT2D eigenvalue weighted by Crippen LogP contribution is 2.32. The number of aromatic nitrogens is 1. The van der Waals surface area contributed by atoms with Crippen LogP contribution in [-0.2, 0) is 0 Å². The standard InChI is InChI=1S/C13H7F6NO2/c1-6-3-2-4-8-9(6)7(10(21)12(14,15)16)5-20(8)11(22)13(17,18)19/h2-5H,1H3. The predicted octanol–water partition coefficient (Wildman–Crippen LogP) is 3.90. The summed E-state index contributed by atoms with van der Waals surface area (Å²) in [6, 6.07) is 3.65. The quantitative estimate of drug-likeness (QED) is 0.590. The number of Topliss-reactive ketones (excluding diaryl/α,β-unsaturated/α-hetero) is 1. The second kappa shape index (κ2) is 4.85. The van der Waals surface area contributed by atoms with Gasteiger partial charge in [-0.05, 0) is 18.6 Å². The molecule has 2 rings (SSSR count). The number of fused-ring (bicyclic) bond motifs is 1. The van der Waals surface area contributed by atoms with E-state index in [0.717, 1.165) is 6.07 Å². The van der Waals surface area contributed by atoms with Crippen LogP contribution in [0.4, 0.5) is 26.3 Å². The van der Waals surface area contributed by atoms with Crippen molar-refractivity contribution >= 4 is 22.6 Å². The maximum atomic E-state index is 12.6. The lowest BCUT2D eigenvalue weighted by molar-refractivity contribution is -0.0943. The topological polar surface area (TPSA) is 39.1 Å². The minimum Gasteiger partial charge on any atom is -0.284 e. The molecule has 0 aliphatic rings. The fraction of sp³-hybridized carbons (Fsp3) is 0.231. The van der Waals surface area contributed by atoms with Gasteiger partial charge in [0.2, 0.25) is 0 Å². The maximum Gasteiger partial charge on any atom is 0.472 e. The minimum absolute atomic E-state index is 0.0152. The van der Waals surface area contributed by atoms with Gasteiger partial charge in [0.1, 0.15) is 0 Å². The molecule has 0 bridgehead atoms. The van der Waals surface area contributed by atoms with Crippen LogP contribution in [0.2, 0.25) is 0 Å². The van der Waals surface area contributed by atoms with Crippen LogP contribution < -0.4 is 0 Å². The number of hydrogen-bond acceptors (Lipinski definition) is 2. The molecular formula is C13H7F6NO2. The Hall–Kier alpha value is -2.32. The molecule has 0 aliphatic carbocycles. The summed E-state index contributed by atoms with van der Waals surface area (Å²) >= 11 is 0. The summed E-state index contributed by atoms with van der Waals surface area (Å²) in [6.07, 6.45) is -10.3. The molecule has 0 saturated heterocycles. The van der Waals surface area contributed by atoms with Gasteiger partial charge in [-0.25, -0.2) is 0 Å². The molecule has 0 fully saturated rings. The number of alkyl halides is 6. The first-order valence-corrected chi connectivity index (χ1v) is 5.78. The summed E-state index contributed by atoms with van der Waals surface area (Å²) in [5.41, 5.74) is -1.24. The van der Waals surface area contributed by atoms with Crippen molar-refractivity contribution in [2.75, 3.05) is 0 Å². The second-order valence-corrected chi connectivity index (χ2v) is 4.51. The Labute approximate surface area is 119 Å². The first-order chi connectivity index (χ1) is 9.94. The smallest absolute Gasteiger partial charge is 0.284 e. The maximum absolute atomic E-state index is 12.6. The number of carbonyl (C=O) groups excluding carboxylic acids is 2. The molecule has 118 valence electrons. The van der Waals surface area contributed by atoms with Crippen molar-refractivity contribution in [3.63, 3.8) is 0 Å². The molecule has 1 heterocycles. The summed E-state index contributed by atoms with van der Waals surface area (Å²) in [5.74, 6) is -4.68. The zero-order chi connectivity index (χ0) is 16.9. The summed E-state index contributed by atoms with van der Waals surface area (Å²) in [4.78, 5) is 22.7. The third-order valence-corrected chi connectivity index (χ3v) is 3.00. The molecule has 2 aromatic rings. The van der Waals surface area contributed by atoms with Gasteiger partial charge in [0.25, 0.3) is 5.78 Å². The van der Waals surface area contributed by atoms with E-state index in [1.807, 2.05) is 0 Å². The van der Waals surface area contributed by atoms with Crippen molar-refractivity contribution in [2.24, 2.45) is 0 Å². The summed E-state index contributed by atoms with van der Waals surface area (Å²) < 4.78 is 75.3. The number of benzene rings is 1. The van der Waals surface area contributed by atoms with E-state index in [2.05, 4.69) is 0 Å². The van der Waals surface area contributed by atoms with Crippen LogP contribution in [-0.4, -0.2) is 28.6 Å². The normalized spacial score (nSPS) is 12.7. The van der Waals surface area contributed by atoms with E-state index < -0.39 is 35.1 Å². The largest absolute Gasteiger partial charge is 0.472 e. The number of rotatable bonds is 1. The van der Waals surface area contributed by atoms with Crippen LogP contribution in [0.15, 0.2) is 24.4 Å². The molecule has 0 atom stereocenters.